The van der Waals surface area contributed by atoms with Crippen LogP contribution in [0, 0.1) is 25.2 Å². The van der Waals surface area contributed by atoms with E-state index in [1.807, 2.05) is 0 Å². The lowest BCUT2D eigenvalue weighted by Crippen LogP contribution is -1.91. The minimum atomic E-state index is 0.691. The van der Waals surface area contributed by atoms with E-state index in [9.17, 15) is 0 Å². The molecule has 0 aliphatic carbocycles. The maximum Gasteiger partial charge on any atom is 0.0112 e. The number of rotatable bonds is 4. The molecule has 0 fully saturated rings. The Hall–Kier alpha value is -0.440. The van der Waals surface area contributed by atoms with Gasteiger partial charge < -0.3 is 0 Å². The van der Waals surface area contributed by atoms with Crippen LogP contribution in [0.2, 0.25) is 0 Å². The van der Waals surface area contributed by atoms with Gasteiger partial charge in [-0.2, -0.15) is 0 Å². The lowest BCUT2D eigenvalue weighted by molar-refractivity contribution is 0.525. The Morgan fingerprint density at radius 1 is 1.67 bits per heavy atom. The highest BCUT2D eigenvalue weighted by atomic mass is 14.0. The number of hydrogen-bond acceptors (Lipinski definition) is 0. The Kier molecular flexibility index (Phi) is 5.41. The fourth-order valence-electron chi connectivity index (χ4n) is 0.796. The van der Waals surface area contributed by atoms with Crippen molar-refractivity contribution >= 4 is 0 Å². The summed E-state index contributed by atoms with van der Waals surface area (Å²) in [6.45, 7) is 5.96. The van der Waals surface area contributed by atoms with Crippen LogP contribution in [-0.4, -0.2) is 0 Å². The molecule has 0 nitrogen and oxygen atoms in total. The molecule has 0 spiro atoms. The van der Waals surface area contributed by atoms with Gasteiger partial charge in [-0.15, -0.1) is 12.3 Å². The molecule has 0 heterocycles. The summed E-state index contributed by atoms with van der Waals surface area (Å²) in [7, 11) is 0. The van der Waals surface area contributed by atoms with Crippen LogP contribution >= 0.6 is 0 Å². The monoisotopic (exact) mass is 123 g/mol. The predicted molar refractivity (Wildman–Crippen MR) is 41.8 cm³/mol. The van der Waals surface area contributed by atoms with Crippen molar-refractivity contribution in [3.63, 3.8) is 0 Å². The topological polar surface area (TPSA) is 0 Å². The Bertz CT molecular complexity index is 86.7. The van der Waals surface area contributed by atoms with Gasteiger partial charge in [0.2, 0.25) is 0 Å². The van der Waals surface area contributed by atoms with Gasteiger partial charge in [-0.25, -0.2) is 0 Å². The maximum absolute atomic E-state index is 5.14. The van der Waals surface area contributed by atoms with Gasteiger partial charge in [-0.1, -0.05) is 26.7 Å². The SMILES string of the molecule is C#CCC(C)CCC[CH2]. The van der Waals surface area contributed by atoms with E-state index >= 15 is 0 Å². The molecule has 0 aromatic heterocycles. The molecule has 0 heteroatoms. The first-order valence-electron chi connectivity index (χ1n) is 3.54. The molecule has 1 radical (unpaired) electrons. The highest BCUT2D eigenvalue weighted by Crippen LogP contribution is 2.09. The zero-order valence-electron chi connectivity index (χ0n) is 6.19. The molecule has 0 aromatic carbocycles. The third-order valence-corrected chi connectivity index (χ3v) is 1.41. The highest BCUT2D eigenvalue weighted by Gasteiger charge is 1.96. The average molecular weight is 123 g/mol. The average Bonchev–Trinajstić information content (AvgIpc) is 1.85. The summed E-state index contributed by atoms with van der Waals surface area (Å²) >= 11 is 0. The quantitative estimate of drug-likeness (QED) is 0.504. The van der Waals surface area contributed by atoms with E-state index in [1.165, 1.54) is 12.8 Å². The second-order valence-corrected chi connectivity index (χ2v) is 2.51. The van der Waals surface area contributed by atoms with E-state index in [4.69, 9.17) is 6.42 Å². The predicted octanol–water partition coefficient (Wildman–Crippen LogP) is 2.65. The molecule has 1 atom stereocenters. The molecule has 0 saturated heterocycles. The minimum Gasteiger partial charge on any atom is -0.120 e. The van der Waals surface area contributed by atoms with Crippen LogP contribution in [0.5, 0.6) is 0 Å². The Labute approximate surface area is 58.7 Å². The van der Waals surface area contributed by atoms with Gasteiger partial charge in [0.05, 0.1) is 0 Å². The molecule has 0 N–H and O–H groups in total. The van der Waals surface area contributed by atoms with Crippen molar-refractivity contribution in [2.75, 3.05) is 0 Å². The van der Waals surface area contributed by atoms with Crippen molar-refractivity contribution in [1.29, 1.82) is 0 Å². The van der Waals surface area contributed by atoms with Crippen molar-refractivity contribution in [3.05, 3.63) is 6.92 Å². The van der Waals surface area contributed by atoms with E-state index in [0.29, 0.717) is 5.92 Å². The van der Waals surface area contributed by atoms with Crippen LogP contribution in [0.1, 0.15) is 32.6 Å². The smallest absolute Gasteiger partial charge is 0.0112 e. The molecule has 1 unspecified atom stereocenters. The first-order valence-corrected chi connectivity index (χ1v) is 3.54. The Morgan fingerprint density at radius 3 is 2.78 bits per heavy atom. The molecule has 0 aromatic rings. The summed E-state index contributed by atoms with van der Waals surface area (Å²) in [4.78, 5) is 0. The van der Waals surface area contributed by atoms with Crippen molar-refractivity contribution in [2.45, 2.75) is 32.6 Å². The molecule has 0 rings (SSSR count). The van der Waals surface area contributed by atoms with Crippen LogP contribution in [0.4, 0.5) is 0 Å². The van der Waals surface area contributed by atoms with Crippen LogP contribution < -0.4 is 0 Å². The third kappa shape index (κ3) is 5.43. The number of unbranched alkanes of at least 4 members (excludes halogenated alkanes) is 1. The minimum absolute atomic E-state index is 0.691. The first-order chi connectivity index (χ1) is 4.31. The lowest BCUT2D eigenvalue weighted by atomic mass is 10.0. The van der Waals surface area contributed by atoms with Crippen LogP contribution in [0.15, 0.2) is 0 Å². The van der Waals surface area contributed by atoms with Gasteiger partial charge in [0.25, 0.3) is 0 Å². The Balaban J connectivity index is 3.08. The normalized spacial score (nSPS) is 12.6. The van der Waals surface area contributed by atoms with Crippen molar-refractivity contribution in [3.8, 4) is 12.3 Å². The Morgan fingerprint density at radius 2 is 2.33 bits per heavy atom. The van der Waals surface area contributed by atoms with Crippen molar-refractivity contribution < 1.29 is 0 Å². The summed E-state index contributed by atoms with van der Waals surface area (Å²) < 4.78 is 0. The van der Waals surface area contributed by atoms with E-state index in [2.05, 4.69) is 19.8 Å². The highest BCUT2D eigenvalue weighted by molar-refractivity contribution is 4.85. The summed E-state index contributed by atoms with van der Waals surface area (Å²) in [5.41, 5.74) is 0. The van der Waals surface area contributed by atoms with Gasteiger partial charge in [-0.05, 0) is 12.3 Å². The molecule has 0 bridgehead atoms. The molecule has 0 saturated carbocycles. The van der Waals surface area contributed by atoms with Crippen LogP contribution in [-0.2, 0) is 0 Å². The zero-order chi connectivity index (χ0) is 7.11. The lowest BCUT2D eigenvalue weighted by Gasteiger charge is -2.03. The van der Waals surface area contributed by atoms with E-state index in [-0.39, 0.29) is 0 Å². The van der Waals surface area contributed by atoms with Gasteiger partial charge in [0, 0.05) is 6.42 Å². The second-order valence-electron chi connectivity index (χ2n) is 2.51. The van der Waals surface area contributed by atoms with Gasteiger partial charge in [0.1, 0.15) is 0 Å². The molecule has 0 aliphatic rings. The standard InChI is InChI=1S/C9H15/c1-4-6-8-9(3)7-5-2/h2,9H,1,4,6-8H2,3H3. The maximum atomic E-state index is 5.14. The molecule has 51 valence electrons. The third-order valence-electron chi connectivity index (χ3n) is 1.41. The molecule has 0 amide bonds. The largest absolute Gasteiger partial charge is 0.120 e. The summed E-state index contributed by atoms with van der Waals surface area (Å²) in [5, 5.41) is 0. The second kappa shape index (κ2) is 5.69. The van der Waals surface area contributed by atoms with E-state index in [1.54, 1.807) is 0 Å². The van der Waals surface area contributed by atoms with Gasteiger partial charge in [0.15, 0.2) is 0 Å². The van der Waals surface area contributed by atoms with Crippen LogP contribution in [0.3, 0.4) is 0 Å². The first kappa shape index (κ1) is 8.56. The van der Waals surface area contributed by atoms with Gasteiger partial charge >= 0.3 is 0 Å². The fourth-order valence-corrected chi connectivity index (χ4v) is 0.796. The fraction of sp³-hybridized carbons (Fsp3) is 0.667. The molecule has 9 heavy (non-hydrogen) atoms. The zero-order valence-corrected chi connectivity index (χ0v) is 6.19. The number of terminal acetylenes is 1. The van der Waals surface area contributed by atoms with E-state index in [0.717, 1.165) is 12.8 Å². The summed E-state index contributed by atoms with van der Waals surface area (Å²) in [5.74, 6) is 3.35. The van der Waals surface area contributed by atoms with Crippen molar-refractivity contribution in [1.82, 2.24) is 0 Å². The van der Waals surface area contributed by atoms with Crippen LogP contribution in [0.25, 0.3) is 0 Å². The molecular formula is C9H15. The van der Waals surface area contributed by atoms with Gasteiger partial charge in [-0.3, -0.25) is 0 Å². The molecular weight excluding hydrogens is 108 g/mol. The summed E-state index contributed by atoms with van der Waals surface area (Å²) in [6, 6.07) is 0. The van der Waals surface area contributed by atoms with Crippen molar-refractivity contribution in [2.24, 2.45) is 5.92 Å². The van der Waals surface area contributed by atoms with E-state index < -0.39 is 0 Å². The number of hydrogen-bond donors (Lipinski definition) is 0. The summed E-state index contributed by atoms with van der Waals surface area (Å²) in [6.07, 6.45) is 9.53. The molecule has 0 aliphatic heterocycles.